The molecule has 0 saturated carbocycles. The van der Waals surface area contributed by atoms with Gasteiger partial charge < -0.3 is 34.8 Å². The fourth-order valence-electron chi connectivity index (χ4n) is 5.78. The zero-order chi connectivity index (χ0) is 31.3. The van der Waals surface area contributed by atoms with Crippen LogP contribution in [0.15, 0.2) is 18.2 Å². The van der Waals surface area contributed by atoms with Gasteiger partial charge in [0.15, 0.2) is 0 Å². The lowest BCUT2D eigenvalue weighted by molar-refractivity contribution is -0.141. The number of carboxylic acid groups (broad SMARTS) is 1. The predicted octanol–water partition coefficient (Wildman–Crippen LogP) is 0.470. The van der Waals surface area contributed by atoms with Gasteiger partial charge in [-0.2, -0.15) is 0 Å². The van der Waals surface area contributed by atoms with Gasteiger partial charge in [0.1, 0.15) is 24.2 Å². The Morgan fingerprint density at radius 1 is 1.07 bits per heavy atom. The number of amides is 5. The van der Waals surface area contributed by atoms with Crippen LogP contribution in [0.5, 0.6) is 5.75 Å². The number of carbonyl (C=O) groups is 6. The van der Waals surface area contributed by atoms with Gasteiger partial charge in [-0.25, -0.2) is 4.39 Å². The van der Waals surface area contributed by atoms with Gasteiger partial charge in [0, 0.05) is 52.6 Å². The summed E-state index contributed by atoms with van der Waals surface area (Å²) in [5.74, 6) is -3.90. The van der Waals surface area contributed by atoms with Crippen molar-refractivity contribution in [1.82, 2.24) is 24.9 Å². The van der Waals surface area contributed by atoms with Gasteiger partial charge in [-0.05, 0) is 43.9 Å². The summed E-state index contributed by atoms with van der Waals surface area (Å²) in [6.07, 6.45) is 1.31. The molecule has 1 aromatic carbocycles. The average molecular weight is 604 g/mol. The Morgan fingerprint density at radius 3 is 2.49 bits per heavy atom. The number of likely N-dealkylation sites (N-methyl/N-ethyl adjacent to an activating group) is 2. The number of fused-ring (bicyclic) bond motifs is 2. The molecule has 43 heavy (non-hydrogen) atoms. The number of aliphatic carboxylic acids is 1. The second kappa shape index (κ2) is 13.8. The number of ether oxygens (including phenoxy) is 1. The number of nitrogens with zero attached hydrogens (tertiary/aromatic N) is 4. The van der Waals surface area contributed by atoms with Crippen molar-refractivity contribution in [3.63, 3.8) is 0 Å². The molecule has 0 bridgehead atoms. The molecule has 3 aliphatic rings. The molecule has 3 heterocycles. The second-order valence-electron chi connectivity index (χ2n) is 11.3. The van der Waals surface area contributed by atoms with Crippen molar-refractivity contribution in [2.75, 3.05) is 46.9 Å². The molecule has 2 saturated heterocycles. The van der Waals surface area contributed by atoms with Crippen LogP contribution in [-0.2, 0) is 24.0 Å². The summed E-state index contributed by atoms with van der Waals surface area (Å²) in [6, 6.07) is 1.45. The summed E-state index contributed by atoms with van der Waals surface area (Å²) in [4.78, 5) is 82.4. The molecule has 234 valence electrons. The van der Waals surface area contributed by atoms with E-state index in [2.05, 4.69) is 5.32 Å². The van der Waals surface area contributed by atoms with E-state index in [1.54, 1.807) is 4.90 Å². The SMILES string of the molecule is CN1CC(=O)N2C[C@@H](NC(=O)CCC(=O)O)C[C@H]2COc2ccc(F)cc2C(=O)N(C)[C@H](C(=O)N2CCCC2)CCC1=O. The molecule has 5 amide bonds. The lowest BCUT2D eigenvalue weighted by Crippen LogP contribution is -2.49. The number of rotatable bonds is 5. The van der Waals surface area contributed by atoms with Crippen LogP contribution in [0.2, 0.25) is 0 Å². The Bertz CT molecular complexity index is 1270. The first-order chi connectivity index (χ1) is 20.4. The highest BCUT2D eigenvalue weighted by Gasteiger charge is 2.38. The fraction of sp³-hybridized carbons (Fsp3) is 0.586. The summed E-state index contributed by atoms with van der Waals surface area (Å²) < 4.78 is 20.4. The van der Waals surface area contributed by atoms with Crippen molar-refractivity contribution in [2.24, 2.45) is 0 Å². The normalized spacial score (nSPS) is 23.7. The molecule has 14 heteroatoms. The number of hydrogen-bond acceptors (Lipinski definition) is 7. The molecule has 3 aliphatic heterocycles. The first kappa shape index (κ1) is 31.7. The van der Waals surface area contributed by atoms with Crippen molar-refractivity contribution >= 4 is 35.5 Å². The minimum Gasteiger partial charge on any atom is -0.491 e. The Morgan fingerprint density at radius 2 is 1.79 bits per heavy atom. The van der Waals surface area contributed by atoms with E-state index in [0.29, 0.717) is 13.1 Å². The highest BCUT2D eigenvalue weighted by molar-refractivity contribution is 5.99. The van der Waals surface area contributed by atoms with Crippen LogP contribution in [0.1, 0.15) is 55.3 Å². The van der Waals surface area contributed by atoms with E-state index < -0.39 is 41.7 Å². The second-order valence-corrected chi connectivity index (χ2v) is 11.3. The molecule has 0 radical (unpaired) electrons. The Hall–Kier alpha value is -4.23. The van der Waals surface area contributed by atoms with E-state index in [1.807, 2.05) is 0 Å². The molecule has 0 aromatic heterocycles. The van der Waals surface area contributed by atoms with Gasteiger partial charge in [0.25, 0.3) is 5.91 Å². The Labute approximate surface area is 248 Å². The van der Waals surface area contributed by atoms with Crippen molar-refractivity contribution in [1.29, 1.82) is 0 Å². The van der Waals surface area contributed by atoms with Crippen LogP contribution < -0.4 is 10.1 Å². The zero-order valence-electron chi connectivity index (χ0n) is 24.4. The van der Waals surface area contributed by atoms with E-state index in [9.17, 15) is 33.2 Å². The highest BCUT2D eigenvalue weighted by atomic mass is 19.1. The quantitative estimate of drug-likeness (QED) is 0.492. The molecular weight excluding hydrogens is 565 g/mol. The standard InChI is InChI=1S/C29H38FN5O8/c1-32-16-26(38)35-15-19(31-24(36)8-10-27(39)40)14-20(35)17-43-23-7-5-18(30)13-21(23)28(41)33(2)22(6-9-25(32)37)29(42)34-11-3-4-12-34/h5,7,13,19-20,22H,3-4,6,8-12,14-17H2,1-2H3,(H,31,36)(H,39,40)/t19-,20-,22-/m0/s1. The van der Waals surface area contributed by atoms with Crippen molar-refractivity contribution in [2.45, 2.75) is 63.1 Å². The molecule has 1 aromatic rings. The van der Waals surface area contributed by atoms with Crippen LogP contribution in [-0.4, -0.2) is 125 Å². The molecule has 4 rings (SSSR count). The van der Waals surface area contributed by atoms with Crippen LogP contribution in [0, 0.1) is 5.82 Å². The topological polar surface area (TPSA) is 157 Å². The molecule has 0 aliphatic carbocycles. The van der Waals surface area contributed by atoms with Crippen LogP contribution in [0.25, 0.3) is 0 Å². The molecule has 0 unspecified atom stereocenters. The molecule has 0 spiro atoms. The molecule has 2 fully saturated rings. The summed E-state index contributed by atoms with van der Waals surface area (Å²) in [6.45, 7) is 0.851. The zero-order valence-corrected chi connectivity index (χ0v) is 24.4. The third-order valence-electron chi connectivity index (χ3n) is 8.19. The monoisotopic (exact) mass is 603 g/mol. The van der Waals surface area contributed by atoms with E-state index in [-0.39, 0.29) is 80.8 Å². The van der Waals surface area contributed by atoms with Crippen molar-refractivity contribution in [3.05, 3.63) is 29.6 Å². The minimum atomic E-state index is -1.10. The number of carboxylic acids is 1. The maximum Gasteiger partial charge on any atom is 0.303 e. The van der Waals surface area contributed by atoms with Gasteiger partial charge >= 0.3 is 5.97 Å². The third kappa shape index (κ3) is 7.79. The van der Waals surface area contributed by atoms with E-state index in [0.717, 1.165) is 25.0 Å². The molecule has 2 N–H and O–H groups in total. The molecular formula is C29H38FN5O8. The van der Waals surface area contributed by atoms with Gasteiger partial charge in [-0.1, -0.05) is 0 Å². The largest absolute Gasteiger partial charge is 0.491 e. The summed E-state index contributed by atoms with van der Waals surface area (Å²) in [7, 11) is 2.93. The maximum absolute atomic E-state index is 14.4. The fourth-order valence-corrected chi connectivity index (χ4v) is 5.78. The van der Waals surface area contributed by atoms with Crippen LogP contribution in [0.3, 0.4) is 0 Å². The van der Waals surface area contributed by atoms with E-state index in [1.165, 1.54) is 34.9 Å². The van der Waals surface area contributed by atoms with Crippen LogP contribution >= 0.6 is 0 Å². The first-order valence-corrected chi connectivity index (χ1v) is 14.5. The summed E-state index contributed by atoms with van der Waals surface area (Å²) in [5, 5.41) is 11.6. The Balaban J connectivity index is 1.61. The number of benzene rings is 1. The molecule has 13 nitrogen and oxygen atoms in total. The predicted molar refractivity (Wildman–Crippen MR) is 149 cm³/mol. The van der Waals surface area contributed by atoms with Gasteiger partial charge in [-0.15, -0.1) is 0 Å². The number of halogens is 1. The highest BCUT2D eigenvalue weighted by Crippen LogP contribution is 2.27. The number of nitrogens with one attached hydrogen (secondary N) is 1. The van der Waals surface area contributed by atoms with Gasteiger partial charge in [-0.3, -0.25) is 28.8 Å². The number of likely N-dealkylation sites (tertiary alicyclic amines) is 1. The lowest BCUT2D eigenvalue weighted by Gasteiger charge is -2.31. The van der Waals surface area contributed by atoms with Gasteiger partial charge in [0.2, 0.25) is 23.6 Å². The number of hydrogen-bond donors (Lipinski definition) is 2. The summed E-state index contributed by atoms with van der Waals surface area (Å²) in [5.41, 5.74) is -0.102. The lowest BCUT2D eigenvalue weighted by atomic mass is 10.1. The third-order valence-corrected chi connectivity index (χ3v) is 8.19. The van der Waals surface area contributed by atoms with Gasteiger partial charge in [0.05, 0.1) is 24.6 Å². The van der Waals surface area contributed by atoms with Crippen molar-refractivity contribution < 1.29 is 43.0 Å². The average Bonchev–Trinajstić information content (AvgIpc) is 3.65. The van der Waals surface area contributed by atoms with Crippen molar-refractivity contribution in [3.8, 4) is 5.75 Å². The Kier molecular flexibility index (Phi) is 10.2. The first-order valence-electron chi connectivity index (χ1n) is 14.5. The molecule has 3 atom stereocenters. The minimum absolute atomic E-state index is 0.0111. The van der Waals surface area contributed by atoms with E-state index in [4.69, 9.17) is 9.84 Å². The number of carbonyl (C=O) groups excluding carboxylic acids is 5. The smallest absolute Gasteiger partial charge is 0.303 e. The summed E-state index contributed by atoms with van der Waals surface area (Å²) >= 11 is 0. The van der Waals surface area contributed by atoms with Crippen LogP contribution in [0.4, 0.5) is 4.39 Å². The van der Waals surface area contributed by atoms with E-state index >= 15 is 0 Å². The maximum atomic E-state index is 14.4.